The fourth-order valence-electron chi connectivity index (χ4n) is 4.13. The number of hydrogen-bond donors (Lipinski definition) is 1. The molecule has 2 atom stereocenters. The Labute approximate surface area is 120 Å². The molecule has 112 valence electrons. The van der Waals surface area contributed by atoms with Gasteiger partial charge in [-0.1, -0.05) is 40.5 Å². The van der Waals surface area contributed by atoms with E-state index >= 15 is 0 Å². The Morgan fingerprint density at radius 3 is 2.53 bits per heavy atom. The molecule has 2 unspecified atom stereocenters. The SMILES string of the molecule is CCC1CNC(CC(C)C)CN1CC1(C)CCCC1. The smallest absolute Gasteiger partial charge is 0.0219 e. The van der Waals surface area contributed by atoms with Gasteiger partial charge in [-0.15, -0.1) is 0 Å². The molecule has 0 amide bonds. The van der Waals surface area contributed by atoms with Gasteiger partial charge in [0.15, 0.2) is 0 Å². The lowest BCUT2D eigenvalue weighted by atomic mass is 9.86. The van der Waals surface area contributed by atoms with Crippen molar-refractivity contribution in [1.29, 1.82) is 0 Å². The number of piperazine rings is 1. The second kappa shape index (κ2) is 6.58. The topological polar surface area (TPSA) is 15.3 Å². The molecule has 0 bridgehead atoms. The van der Waals surface area contributed by atoms with Crippen molar-refractivity contribution in [1.82, 2.24) is 10.2 Å². The van der Waals surface area contributed by atoms with Crippen LogP contribution in [0.25, 0.3) is 0 Å². The molecule has 0 aromatic rings. The summed E-state index contributed by atoms with van der Waals surface area (Å²) >= 11 is 0. The van der Waals surface area contributed by atoms with Crippen LogP contribution >= 0.6 is 0 Å². The van der Waals surface area contributed by atoms with Gasteiger partial charge in [-0.3, -0.25) is 4.90 Å². The average molecular weight is 266 g/mol. The molecule has 1 saturated heterocycles. The number of nitrogens with zero attached hydrogens (tertiary/aromatic N) is 1. The first-order valence-electron chi connectivity index (χ1n) is 8.50. The summed E-state index contributed by atoms with van der Waals surface area (Å²) < 4.78 is 0. The molecule has 1 heterocycles. The normalized spacial score (nSPS) is 32.1. The summed E-state index contributed by atoms with van der Waals surface area (Å²) in [6.45, 7) is 13.4. The summed E-state index contributed by atoms with van der Waals surface area (Å²) in [7, 11) is 0. The van der Waals surface area contributed by atoms with E-state index in [0.29, 0.717) is 11.5 Å². The van der Waals surface area contributed by atoms with Crippen molar-refractivity contribution in [3.05, 3.63) is 0 Å². The molecule has 2 rings (SSSR count). The van der Waals surface area contributed by atoms with Crippen molar-refractivity contribution in [2.24, 2.45) is 11.3 Å². The third-order valence-electron chi connectivity index (χ3n) is 5.24. The molecule has 1 aliphatic heterocycles. The molecule has 2 nitrogen and oxygen atoms in total. The van der Waals surface area contributed by atoms with Gasteiger partial charge in [0.05, 0.1) is 0 Å². The van der Waals surface area contributed by atoms with Crippen molar-refractivity contribution < 1.29 is 0 Å². The van der Waals surface area contributed by atoms with Crippen molar-refractivity contribution in [2.45, 2.75) is 78.3 Å². The van der Waals surface area contributed by atoms with Crippen LogP contribution in [0.5, 0.6) is 0 Å². The Balaban J connectivity index is 1.93. The van der Waals surface area contributed by atoms with Crippen molar-refractivity contribution in [2.75, 3.05) is 19.6 Å². The quantitative estimate of drug-likeness (QED) is 0.817. The first-order chi connectivity index (χ1) is 9.02. The minimum absolute atomic E-state index is 0.604. The first-order valence-corrected chi connectivity index (χ1v) is 8.50. The molecule has 2 heteroatoms. The van der Waals surface area contributed by atoms with Crippen molar-refractivity contribution in [3.63, 3.8) is 0 Å². The molecule has 19 heavy (non-hydrogen) atoms. The van der Waals surface area contributed by atoms with Crippen LogP contribution in [0.1, 0.15) is 66.2 Å². The Bertz CT molecular complexity index is 268. The second-order valence-corrected chi connectivity index (χ2v) is 7.74. The molecule has 0 spiro atoms. The molecule has 1 saturated carbocycles. The lowest BCUT2D eigenvalue weighted by Crippen LogP contribution is -2.58. The second-order valence-electron chi connectivity index (χ2n) is 7.74. The Kier molecular flexibility index (Phi) is 5.30. The Hall–Kier alpha value is -0.0800. The van der Waals surface area contributed by atoms with E-state index in [1.165, 1.54) is 58.2 Å². The largest absolute Gasteiger partial charge is 0.311 e. The van der Waals surface area contributed by atoms with Crippen LogP contribution in [0, 0.1) is 11.3 Å². The minimum atomic E-state index is 0.604. The molecule has 0 aromatic heterocycles. The van der Waals surface area contributed by atoms with Gasteiger partial charge >= 0.3 is 0 Å². The predicted molar refractivity (Wildman–Crippen MR) is 83.5 cm³/mol. The van der Waals surface area contributed by atoms with E-state index in [9.17, 15) is 0 Å². The van der Waals surface area contributed by atoms with E-state index < -0.39 is 0 Å². The van der Waals surface area contributed by atoms with Gasteiger partial charge < -0.3 is 5.32 Å². The zero-order valence-corrected chi connectivity index (χ0v) is 13.5. The lowest BCUT2D eigenvalue weighted by molar-refractivity contribution is 0.0724. The maximum Gasteiger partial charge on any atom is 0.0219 e. The van der Waals surface area contributed by atoms with E-state index in [1.54, 1.807) is 0 Å². The number of hydrogen-bond acceptors (Lipinski definition) is 2. The van der Waals surface area contributed by atoms with Gasteiger partial charge in [0.1, 0.15) is 0 Å². The molecule has 1 aliphatic carbocycles. The van der Waals surface area contributed by atoms with Gasteiger partial charge in [-0.25, -0.2) is 0 Å². The highest BCUT2D eigenvalue weighted by atomic mass is 15.2. The third-order valence-corrected chi connectivity index (χ3v) is 5.24. The van der Waals surface area contributed by atoms with E-state index in [-0.39, 0.29) is 0 Å². The highest BCUT2D eigenvalue weighted by molar-refractivity contribution is 4.91. The summed E-state index contributed by atoms with van der Waals surface area (Å²) in [6, 6.07) is 1.48. The summed E-state index contributed by atoms with van der Waals surface area (Å²) in [5.41, 5.74) is 0.604. The van der Waals surface area contributed by atoms with Crippen LogP contribution < -0.4 is 5.32 Å². The Morgan fingerprint density at radius 2 is 1.95 bits per heavy atom. The summed E-state index contributed by atoms with van der Waals surface area (Å²) in [6.07, 6.45) is 8.41. The van der Waals surface area contributed by atoms with Crippen LogP contribution in [0.15, 0.2) is 0 Å². The van der Waals surface area contributed by atoms with Gasteiger partial charge in [0.2, 0.25) is 0 Å². The van der Waals surface area contributed by atoms with Crippen LogP contribution in [-0.2, 0) is 0 Å². The van der Waals surface area contributed by atoms with Crippen molar-refractivity contribution >= 4 is 0 Å². The Morgan fingerprint density at radius 1 is 1.26 bits per heavy atom. The predicted octanol–water partition coefficient (Wildman–Crippen LogP) is 3.67. The highest BCUT2D eigenvalue weighted by Crippen LogP contribution is 2.39. The maximum absolute atomic E-state index is 3.78. The van der Waals surface area contributed by atoms with E-state index in [2.05, 4.69) is 37.9 Å². The van der Waals surface area contributed by atoms with Crippen molar-refractivity contribution in [3.8, 4) is 0 Å². The first kappa shape index (κ1) is 15.3. The summed E-state index contributed by atoms with van der Waals surface area (Å²) in [5, 5.41) is 3.78. The van der Waals surface area contributed by atoms with Gasteiger partial charge in [-0.2, -0.15) is 0 Å². The van der Waals surface area contributed by atoms with E-state index in [0.717, 1.165) is 12.0 Å². The fraction of sp³-hybridized carbons (Fsp3) is 1.00. The van der Waals surface area contributed by atoms with E-state index in [1.807, 2.05) is 0 Å². The molecule has 0 radical (unpaired) electrons. The van der Waals surface area contributed by atoms with Crippen LogP contribution in [0.4, 0.5) is 0 Å². The zero-order valence-electron chi connectivity index (χ0n) is 13.5. The average Bonchev–Trinajstić information content (AvgIpc) is 2.75. The lowest BCUT2D eigenvalue weighted by Gasteiger charge is -2.44. The fourth-order valence-corrected chi connectivity index (χ4v) is 4.13. The molecular weight excluding hydrogens is 232 g/mol. The molecule has 0 aromatic carbocycles. The van der Waals surface area contributed by atoms with Gasteiger partial charge in [-0.05, 0) is 37.0 Å². The minimum Gasteiger partial charge on any atom is -0.311 e. The van der Waals surface area contributed by atoms with E-state index in [4.69, 9.17) is 0 Å². The number of rotatable bonds is 5. The highest BCUT2D eigenvalue weighted by Gasteiger charge is 2.35. The van der Waals surface area contributed by atoms with Gasteiger partial charge in [0.25, 0.3) is 0 Å². The van der Waals surface area contributed by atoms with Crippen LogP contribution in [0.2, 0.25) is 0 Å². The molecule has 2 aliphatic rings. The molecule has 1 N–H and O–H groups in total. The van der Waals surface area contributed by atoms with Crippen LogP contribution in [0.3, 0.4) is 0 Å². The van der Waals surface area contributed by atoms with Gasteiger partial charge in [0, 0.05) is 31.7 Å². The third kappa shape index (κ3) is 4.19. The summed E-state index contributed by atoms with van der Waals surface area (Å²) in [4.78, 5) is 2.81. The number of nitrogens with one attached hydrogen (secondary N) is 1. The summed E-state index contributed by atoms with van der Waals surface area (Å²) in [5.74, 6) is 0.805. The monoisotopic (exact) mass is 266 g/mol. The molecular formula is C17H34N2. The zero-order chi connectivity index (χ0) is 13.9. The standard InChI is InChI=1S/C17H34N2/c1-5-16-11-18-15(10-14(2)3)12-19(16)13-17(4)8-6-7-9-17/h14-16,18H,5-13H2,1-4H3. The van der Waals surface area contributed by atoms with Crippen LogP contribution in [-0.4, -0.2) is 36.6 Å². The molecule has 2 fully saturated rings. The maximum atomic E-state index is 3.78.